The molecule has 2 amide bonds. The molecular weight excluding hydrogens is 466 g/mol. The highest BCUT2D eigenvalue weighted by atomic mass is 16.6. The number of aryl methyl sites for hydroxylation is 1. The molecule has 37 heavy (non-hydrogen) atoms. The van der Waals surface area contributed by atoms with E-state index in [4.69, 9.17) is 4.74 Å². The third-order valence-electron chi connectivity index (χ3n) is 7.51. The van der Waals surface area contributed by atoms with Crippen LogP contribution >= 0.6 is 0 Å². The first-order valence-electron chi connectivity index (χ1n) is 13.1. The quantitative estimate of drug-likeness (QED) is 0.560. The molecule has 2 atom stereocenters. The molecular formula is C29H33N5O3. The Morgan fingerprint density at radius 2 is 1.86 bits per heavy atom. The van der Waals surface area contributed by atoms with Crippen LogP contribution < -0.4 is 10.2 Å². The van der Waals surface area contributed by atoms with Gasteiger partial charge in [-0.2, -0.15) is 5.10 Å². The topological polar surface area (TPSA) is 87.7 Å². The van der Waals surface area contributed by atoms with E-state index in [1.54, 1.807) is 6.20 Å². The number of carbonyl (C=O) groups excluding carboxylic acids is 2. The minimum absolute atomic E-state index is 0.0118. The summed E-state index contributed by atoms with van der Waals surface area (Å²) < 4.78 is 5.61. The van der Waals surface area contributed by atoms with E-state index in [2.05, 4.69) is 45.5 Å². The molecule has 3 aliphatic rings. The zero-order valence-corrected chi connectivity index (χ0v) is 21.8. The number of benzene rings is 2. The van der Waals surface area contributed by atoms with Crippen LogP contribution in [0.15, 0.2) is 42.6 Å². The minimum Gasteiger partial charge on any atom is -0.444 e. The Kier molecular flexibility index (Phi) is 5.58. The first-order chi connectivity index (χ1) is 17.7. The first kappa shape index (κ1) is 23.7. The predicted octanol–water partition coefficient (Wildman–Crippen LogP) is 4.70. The predicted molar refractivity (Wildman–Crippen MR) is 143 cm³/mol. The van der Waals surface area contributed by atoms with Crippen molar-refractivity contribution >= 4 is 28.6 Å². The Labute approximate surface area is 217 Å². The van der Waals surface area contributed by atoms with Gasteiger partial charge >= 0.3 is 6.09 Å². The number of hydrogen-bond acceptors (Lipinski definition) is 6. The number of aromatic nitrogens is 2. The SMILES string of the molecule is Cc1ccc(C(=O)NC2CC2)cc1-c1ccc2c(N3C[C@@H]4C[C@H]3CN4C(=O)OC(C)(C)C)nncc2c1. The summed E-state index contributed by atoms with van der Waals surface area (Å²) in [7, 11) is 0. The summed E-state index contributed by atoms with van der Waals surface area (Å²) in [5.74, 6) is 0.844. The summed E-state index contributed by atoms with van der Waals surface area (Å²) in [4.78, 5) is 29.4. The maximum Gasteiger partial charge on any atom is 0.410 e. The average Bonchev–Trinajstić information content (AvgIpc) is 3.43. The number of piperazine rings is 1. The molecule has 1 aromatic heterocycles. The smallest absolute Gasteiger partial charge is 0.410 e. The van der Waals surface area contributed by atoms with Crippen molar-refractivity contribution in [2.45, 2.75) is 70.7 Å². The van der Waals surface area contributed by atoms with Crippen molar-refractivity contribution in [2.24, 2.45) is 0 Å². The standard InChI is InChI=1S/C29H33N5O3/c1-17-5-6-19(27(35)31-21-8-9-21)12-25(17)18-7-10-24-20(11-18)14-30-32-26(24)33-15-23-13-22(33)16-34(23)28(36)37-29(2,3)4/h5-7,10-12,14,21-23H,8-9,13,15-16H2,1-4H3,(H,31,35)/t22-,23-/m0/s1. The fourth-order valence-electron chi connectivity index (χ4n) is 5.49. The van der Waals surface area contributed by atoms with Gasteiger partial charge in [-0.05, 0) is 87.9 Å². The summed E-state index contributed by atoms with van der Waals surface area (Å²) in [5.41, 5.74) is 3.38. The second-order valence-electron chi connectivity index (χ2n) is 11.6. The summed E-state index contributed by atoms with van der Waals surface area (Å²) in [6, 6.07) is 12.8. The Balaban J connectivity index is 1.25. The summed E-state index contributed by atoms with van der Waals surface area (Å²) >= 11 is 0. The second kappa shape index (κ2) is 8.71. The largest absolute Gasteiger partial charge is 0.444 e. The lowest BCUT2D eigenvalue weighted by Crippen LogP contribution is -2.50. The highest BCUT2D eigenvalue weighted by Crippen LogP contribution is 2.38. The van der Waals surface area contributed by atoms with Gasteiger partial charge in [-0.3, -0.25) is 4.79 Å². The Bertz CT molecular complexity index is 1390. The second-order valence-corrected chi connectivity index (χ2v) is 11.6. The van der Waals surface area contributed by atoms with Gasteiger partial charge in [0.1, 0.15) is 5.60 Å². The summed E-state index contributed by atoms with van der Waals surface area (Å²) in [6.07, 6.45) is 4.59. The molecule has 2 saturated heterocycles. The van der Waals surface area contributed by atoms with Crippen molar-refractivity contribution in [3.8, 4) is 11.1 Å². The molecule has 2 bridgehead atoms. The maximum atomic E-state index is 12.7. The number of fused-ring (bicyclic) bond motifs is 3. The van der Waals surface area contributed by atoms with Crippen LogP contribution in [-0.4, -0.2) is 63.9 Å². The van der Waals surface area contributed by atoms with Gasteiger partial charge in [0.25, 0.3) is 5.91 Å². The van der Waals surface area contributed by atoms with Crippen LogP contribution in [0.2, 0.25) is 0 Å². The highest BCUT2D eigenvalue weighted by molar-refractivity contribution is 5.98. The van der Waals surface area contributed by atoms with Crippen LogP contribution in [0.3, 0.4) is 0 Å². The van der Waals surface area contributed by atoms with Crippen LogP contribution in [0, 0.1) is 6.92 Å². The van der Waals surface area contributed by atoms with Gasteiger partial charge < -0.3 is 19.9 Å². The molecule has 8 heteroatoms. The van der Waals surface area contributed by atoms with Crippen molar-refractivity contribution in [1.29, 1.82) is 0 Å². The monoisotopic (exact) mass is 499 g/mol. The van der Waals surface area contributed by atoms with Gasteiger partial charge in [0.15, 0.2) is 5.82 Å². The average molecular weight is 500 g/mol. The molecule has 3 fully saturated rings. The van der Waals surface area contributed by atoms with Gasteiger partial charge in [0.2, 0.25) is 0 Å². The van der Waals surface area contributed by atoms with Gasteiger partial charge in [-0.1, -0.05) is 12.1 Å². The van der Waals surface area contributed by atoms with Crippen molar-refractivity contribution in [3.63, 3.8) is 0 Å². The number of nitrogens with one attached hydrogen (secondary N) is 1. The van der Waals surface area contributed by atoms with E-state index in [9.17, 15) is 9.59 Å². The molecule has 1 saturated carbocycles. The molecule has 0 unspecified atom stereocenters. The number of hydrogen-bond donors (Lipinski definition) is 1. The van der Waals surface area contributed by atoms with E-state index in [1.807, 2.05) is 43.9 Å². The van der Waals surface area contributed by atoms with Crippen LogP contribution in [0.4, 0.5) is 10.6 Å². The molecule has 192 valence electrons. The Hall–Kier alpha value is -3.68. The lowest BCUT2D eigenvalue weighted by Gasteiger charge is -2.35. The number of ether oxygens (including phenoxy) is 1. The van der Waals surface area contributed by atoms with E-state index in [-0.39, 0.29) is 24.1 Å². The van der Waals surface area contributed by atoms with Gasteiger partial charge in [0, 0.05) is 35.5 Å². The van der Waals surface area contributed by atoms with Crippen molar-refractivity contribution < 1.29 is 14.3 Å². The lowest BCUT2D eigenvalue weighted by atomic mass is 9.96. The van der Waals surface area contributed by atoms with E-state index in [0.717, 1.165) is 59.1 Å². The molecule has 0 radical (unpaired) electrons. The zero-order chi connectivity index (χ0) is 25.9. The molecule has 3 aromatic rings. The van der Waals surface area contributed by atoms with Crippen LogP contribution in [-0.2, 0) is 4.74 Å². The van der Waals surface area contributed by atoms with Gasteiger partial charge in [-0.15, -0.1) is 5.10 Å². The van der Waals surface area contributed by atoms with Crippen molar-refractivity contribution in [1.82, 2.24) is 20.4 Å². The van der Waals surface area contributed by atoms with Gasteiger partial charge in [0.05, 0.1) is 18.3 Å². The van der Waals surface area contributed by atoms with Crippen molar-refractivity contribution in [2.75, 3.05) is 18.0 Å². The molecule has 2 aromatic carbocycles. The molecule has 0 spiro atoms. The fourth-order valence-corrected chi connectivity index (χ4v) is 5.49. The third kappa shape index (κ3) is 4.61. The lowest BCUT2D eigenvalue weighted by molar-refractivity contribution is 0.0214. The highest BCUT2D eigenvalue weighted by Gasteiger charge is 2.47. The Morgan fingerprint density at radius 3 is 2.57 bits per heavy atom. The third-order valence-corrected chi connectivity index (χ3v) is 7.51. The van der Waals surface area contributed by atoms with Crippen LogP contribution in [0.5, 0.6) is 0 Å². The Morgan fingerprint density at radius 1 is 1.05 bits per heavy atom. The number of likely N-dealkylation sites (tertiary alicyclic amines) is 1. The molecule has 2 aliphatic heterocycles. The maximum absolute atomic E-state index is 12.7. The van der Waals surface area contributed by atoms with E-state index in [1.165, 1.54) is 0 Å². The van der Waals surface area contributed by atoms with Crippen molar-refractivity contribution in [3.05, 3.63) is 53.7 Å². The molecule has 1 aliphatic carbocycles. The first-order valence-corrected chi connectivity index (χ1v) is 13.1. The van der Waals surface area contributed by atoms with E-state index < -0.39 is 5.60 Å². The molecule has 1 N–H and O–H groups in total. The van der Waals surface area contributed by atoms with Crippen LogP contribution in [0.1, 0.15) is 56.0 Å². The number of rotatable bonds is 4. The van der Waals surface area contributed by atoms with Gasteiger partial charge in [-0.25, -0.2) is 4.79 Å². The number of amides is 2. The molecule has 6 rings (SSSR count). The zero-order valence-electron chi connectivity index (χ0n) is 21.8. The molecule has 8 nitrogen and oxygen atoms in total. The van der Waals surface area contributed by atoms with Crippen LogP contribution in [0.25, 0.3) is 21.9 Å². The normalized spacial score (nSPS) is 21.0. The minimum atomic E-state index is -0.504. The summed E-state index contributed by atoms with van der Waals surface area (Å²) in [5, 5.41) is 14.0. The number of anilines is 1. The molecule has 3 heterocycles. The summed E-state index contributed by atoms with van der Waals surface area (Å²) in [6.45, 7) is 9.10. The number of carbonyl (C=O) groups is 2. The number of nitrogens with zero attached hydrogens (tertiary/aromatic N) is 4. The fraction of sp³-hybridized carbons (Fsp3) is 0.448. The van der Waals surface area contributed by atoms with E-state index >= 15 is 0 Å². The van der Waals surface area contributed by atoms with E-state index in [0.29, 0.717) is 18.2 Å².